The maximum atomic E-state index is 15.5. The second-order valence-electron chi connectivity index (χ2n) is 13.9. The second kappa shape index (κ2) is 17.2. The molecule has 1 unspecified atom stereocenters. The van der Waals surface area contributed by atoms with Gasteiger partial charge in [0, 0.05) is 11.1 Å². The summed E-state index contributed by atoms with van der Waals surface area (Å²) >= 11 is 0. The van der Waals surface area contributed by atoms with Crippen LogP contribution in [-0.2, 0) is 6.42 Å². The molecule has 2 aliphatic carbocycles. The first-order chi connectivity index (χ1) is 22.5. The van der Waals surface area contributed by atoms with Crippen LogP contribution in [0.5, 0.6) is 0 Å². The molecule has 0 saturated heterocycles. The number of aryl methyl sites for hydroxylation is 1. The minimum absolute atomic E-state index is 0.193. The van der Waals surface area contributed by atoms with Gasteiger partial charge in [0.05, 0.1) is 0 Å². The van der Waals surface area contributed by atoms with E-state index in [0.717, 1.165) is 73.0 Å². The normalized spacial score (nSPS) is 20.3. The van der Waals surface area contributed by atoms with E-state index in [1.54, 1.807) is 30.3 Å². The highest BCUT2D eigenvalue weighted by molar-refractivity contribution is 5.74. The van der Waals surface area contributed by atoms with E-state index in [1.807, 2.05) is 24.3 Å². The maximum absolute atomic E-state index is 15.5. The molecular weight excluding hydrogens is 573 g/mol. The highest BCUT2D eigenvalue weighted by Gasteiger charge is 2.29. The molecule has 3 aromatic rings. The van der Waals surface area contributed by atoms with Crippen LogP contribution in [0.15, 0.2) is 72.8 Å². The summed E-state index contributed by atoms with van der Waals surface area (Å²) in [5.41, 5.74) is 4.82. The second-order valence-corrected chi connectivity index (χ2v) is 13.9. The van der Waals surface area contributed by atoms with Crippen molar-refractivity contribution in [2.45, 2.75) is 117 Å². The van der Waals surface area contributed by atoms with Crippen molar-refractivity contribution in [3.63, 3.8) is 0 Å². The van der Waals surface area contributed by atoms with Crippen molar-refractivity contribution in [3.8, 4) is 22.3 Å². The Morgan fingerprint density at radius 2 is 1.39 bits per heavy atom. The summed E-state index contributed by atoms with van der Waals surface area (Å²) in [6.07, 6.45) is 25.1. The number of benzene rings is 3. The predicted octanol–water partition coefficient (Wildman–Crippen LogP) is 13.7. The van der Waals surface area contributed by atoms with Gasteiger partial charge in [0.15, 0.2) is 11.6 Å². The van der Waals surface area contributed by atoms with Gasteiger partial charge in [-0.05, 0) is 116 Å². The first kappa shape index (κ1) is 34.3. The van der Waals surface area contributed by atoms with E-state index in [-0.39, 0.29) is 11.4 Å². The van der Waals surface area contributed by atoms with Gasteiger partial charge in [-0.2, -0.15) is 0 Å². The van der Waals surface area contributed by atoms with E-state index in [1.165, 1.54) is 57.8 Å². The van der Waals surface area contributed by atoms with Crippen molar-refractivity contribution in [2.75, 3.05) is 0 Å². The van der Waals surface area contributed by atoms with Crippen LogP contribution in [0, 0.1) is 35.2 Å². The van der Waals surface area contributed by atoms with Gasteiger partial charge in [0.1, 0.15) is 5.82 Å². The lowest BCUT2D eigenvalue weighted by atomic mass is 9.70. The zero-order chi connectivity index (χ0) is 32.3. The number of hydrogen-bond acceptors (Lipinski definition) is 0. The van der Waals surface area contributed by atoms with Crippen molar-refractivity contribution in [2.24, 2.45) is 17.8 Å². The van der Waals surface area contributed by atoms with Crippen LogP contribution in [-0.4, -0.2) is 0 Å². The van der Waals surface area contributed by atoms with Crippen LogP contribution in [0.25, 0.3) is 27.8 Å². The van der Waals surface area contributed by atoms with Crippen molar-refractivity contribution >= 4 is 5.57 Å². The number of rotatable bonds is 14. The van der Waals surface area contributed by atoms with Crippen molar-refractivity contribution in [1.82, 2.24) is 0 Å². The third kappa shape index (κ3) is 8.84. The predicted molar refractivity (Wildman–Crippen MR) is 189 cm³/mol. The largest absolute Gasteiger partial charge is 0.206 e. The molecule has 1 fully saturated rings. The molecule has 0 radical (unpaired) electrons. The quantitative estimate of drug-likeness (QED) is 0.123. The molecule has 2 aliphatic rings. The summed E-state index contributed by atoms with van der Waals surface area (Å²) in [5.74, 6) is 0.722. The number of halogens is 3. The number of unbranched alkanes of at least 4 members (excludes halogenated alkanes) is 5. The third-order valence-corrected chi connectivity index (χ3v) is 10.8. The average Bonchev–Trinajstić information content (AvgIpc) is 3.09. The van der Waals surface area contributed by atoms with Crippen LogP contribution in [0.1, 0.15) is 121 Å². The standard InChI is InChI=1S/C43H53F3/c1-3-5-7-8-9-11-13-37-26-29-40(43(46)42(37)45)36-24-20-34(21-25-36)38-27-28-39(41(44)30-38)35-22-18-33(19-23-35)32-16-14-31(15-17-32)12-10-6-4-2/h4,6,20-22,24-33H,3,5,7-19,23H2,1-2H3/b6-4+. The zero-order valence-electron chi connectivity index (χ0n) is 28.1. The summed E-state index contributed by atoms with van der Waals surface area (Å²) < 4.78 is 45.5. The van der Waals surface area contributed by atoms with E-state index in [4.69, 9.17) is 0 Å². The molecule has 3 aromatic carbocycles. The summed E-state index contributed by atoms with van der Waals surface area (Å²) in [6.45, 7) is 4.29. The third-order valence-electron chi connectivity index (χ3n) is 10.8. The fourth-order valence-electron chi connectivity index (χ4n) is 7.87. The van der Waals surface area contributed by atoms with Gasteiger partial charge < -0.3 is 0 Å². The van der Waals surface area contributed by atoms with E-state index < -0.39 is 11.6 Å². The highest BCUT2D eigenvalue weighted by atomic mass is 19.2. The Hall–Kier alpha value is -3.07. The summed E-state index contributed by atoms with van der Waals surface area (Å²) in [6, 6.07) is 16.2. The Balaban J connectivity index is 1.17. The smallest absolute Gasteiger partial charge is 0.166 e. The molecule has 0 N–H and O–H groups in total. The van der Waals surface area contributed by atoms with Gasteiger partial charge in [-0.25, -0.2) is 13.2 Å². The van der Waals surface area contributed by atoms with Gasteiger partial charge in [0.2, 0.25) is 0 Å². The first-order valence-electron chi connectivity index (χ1n) is 18.2. The summed E-state index contributed by atoms with van der Waals surface area (Å²) in [5, 5.41) is 0. The number of hydrogen-bond donors (Lipinski definition) is 0. The van der Waals surface area contributed by atoms with Crippen LogP contribution < -0.4 is 0 Å². The minimum Gasteiger partial charge on any atom is -0.206 e. The lowest BCUT2D eigenvalue weighted by molar-refractivity contribution is 0.190. The average molecular weight is 627 g/mol. The van der Waals surface area contributed by atoms with Crippen LogP contribution in [0.3, 0.4) is 0 Å². The van der Waals surface area contributed by atoms with Gasteiger partial charge in [-0.3, -0.25) is 0 Å². The van der Waals surface area contributed by atoms with Crippen LogP contribution >= 0.6 is 0 Å². The SMILES string of the molecule is C/C=C/CCC1CCC(C2CC=C(c3ccc(-c4ccc(-c5ccc(CCCCCCCC)c(F)c5F)cc4)cc3F)CC2)CC1. The molecule has 0 bridgehead atoms. The summed E-state index contributed by atoms with van der Waals surface area (Å²) in [7, 11) is 0. The highest BCUT2D eigenvalue weighted by Crippen LogP contribution is 2.42. The monoisotopic (exact) mass is 626 g/mol. The fraction of sp³-hybridized carbons (Fsp3) is 0.488. The molecule has 1 saturated carbocycles. The molecule has 0 amide bonds. The van der Waals surface area contributed by atoms with Gasteiger partial charge >= 0.3 is 0 Å². The fourth-order valence-corrected chi connectivity index (χ4v) is 7.87. The Labute approximate surface area is 276 Å². The van der Waals surface area contributed by atoms with Crippen LogP contribution in [0.2, 0.25) is 0 Å². The molecule has 1 atom stereocenters. The molecule has 0 nitrogen and oxygen atoms in total. The topological polar surface area (TPSA) is 0 Å². The zero-order valence-corrected chi connectivity index (χ0v) is 28.1. The molecule has 0 heterocycles. The number of allylic oxidation sites excluding steroid dienone is 4. The Bertz CT molecular complexity index is 1460. The van der Waals surface area contributed by atoms with Crippen molar-refractivity contribution < 1.29 is 13.2 Å². The Morgan fingerprint density at radius 1 is 0.696 bits per heavy atom. The van der Waals surface area contributed by atoms with Crippen LogP contribution in [0.4, 0.5) is 13.2 Å². The molecule has 5 rings (SSSR count). The lowest BCUT2D eigenvalue weighted by Gasteiger charge is -2.35. The molecule has 0 spiro atoms. The Morgan fingerprint density at radius 3 is 2.09 bits per heavy atom. The van der Waals surface area contributed by atoms with Crippen molar-refractivity contribution in [1.29, 1.82) is 0 Å². The molecule has 46 heavy (non-hydrogen) atoms. The molecule has 3 heteroatoms. The molecule has 246 valence electrons. The molecule has 0 aromatic heterocycles. The minimum atomic E-state index is -0.789. The summed E-state index contributed by atoms with van der Waals surface area (Å²) in [4.78, 5) is 0. The van der Waals surface area contributed by atoms with E-state index in [9.17, 15) is 4.39 Å². The maximum Gasteiger partial charge on any atom is 0.166 e. The first-order valence-corrected chi connectivity index (χ1v) is 18.2. The van der Waals surface area contributed by atoms with E-state index in [2.05, 4.69) is 32.1 Å². The molecular formula is C43H53F3. The lowest BCUT2D eigenvalue weighted by Crippen LogP contribution is -2.23. The van der Waals surface area contributed by atoms with Gasteiger partial charge in [0.25, 0.3) is 0 Å². The van der Waals surface area contributed by atoms with Crippen molar-refractivity contribution in [3.05, 3.63) is 101 Å². The Kier molecular flexibility index (Phi) is 12.8. The molecule has 0 aliphatic heterocycles. The van der Waals surface area contributed by atoms with E-state index in [0.29, 0.717) is 23.1 Å². The van der Waals surface area contributed by atoms with E-state index >= 15 is 8.78 Å². The van der Waals surface area contributed by atoms with Gasteiger partial charge in [-0.1, -0.05) is 119 Å². The van der Waals surface area contributed by atoms with Gasteiger partial charge in [-0.15, -0.1) is 0 Å².